The summed E-state index contributed by atoms with van der Waals surface area (Å²) in [5.41, 5.74) is 4.43. The van der Waals surface area contributed by atoms with E-state index >= 15 is 0 Å². The summed E-state index contributed by atoms with van der Waals surface area (Å²) in [5.74, 6) is 1.23. The number of hydrogen-bond donors (Lipinski definition) is 0. The Morgan fingerprint density at radius 2 is 1.92 bits per heavy atom. The number of likely N-dealkylation sites (tertiary alicyclic amines) is 1. The molecule has 1 atom stereocenters. The highest BCUT2D eigenvalue weighted by Crippen LogP contribution is 2.29. The van der Waals surface area contributed by atoms with Crippen LogP contribution in [0, 0.1) is 13.8 Å². The number of aromatic nitrogens is 2. The van der Waals surface area contributed by atoms with Crippen LogP contribution < -0.4 is 0 Å². The first kappa shape index (κ1) is 16.5. The fourth-order valence-corrected chi connectivity index (χ4v) is 3.34. The van der Waals surface area contributed by atoms with Gasteiger partial charge in [0.05, 0.1) is 0 Å². The molecule has 1 saturated heterocycles. The van der Waals surface area contributed by atoms with Crippen LogP contribution in [-0.2, 0) is 11.3 Å². The fraction of sp³-hybridized carbons (Fsp3) is 0.286. The molecule has 5 nitrogen and oxygen atoms in total. The van der Waals surface area contributed by atoms with Crippen LogP contribution >= 0.6 is 0 Å². The van der Waals surface area contributed by atoms with Crippen LogP contribution in [0.1, 0.15) is 34.9 Å². The number of nitrogens with zero attached hydrogens (tertiary/aromatic N) is 3. The molecule has 26 heavy (non-hydrogen) atoms. The van der Waals surface area contributed by atoms with Gasteiger partial charge in [-0.25, -0.2) is 0 Å². The van der Waals surface area contributed by atoms with E-state index in [9.17, 15) is 4.79 Å². The second-order valence-electron chi connectivity index (χ2n) is 6.99. The zero-order valence-corrected chi connectivity index (χ0v) is 15.0. The van der Waals surface area contributed by atoms with Crippen LogP contribution in [0.2, 0.25) is 0 Å². The molecule has 0 spiro atoms. The highest BCUT2D eigenvalue weighted by molar-refractivity contribution is 5.79. The van der Waals surface area contributed by atoms with Gasteiger partial charge in [0, 0.05) is 31.0 Å². The third-order valence-electron chi connectivity index (χ3n) is 4.78. The smallest absolute Gasteiger partial charge is 0.257 e. The van der Waals surface area contributed by atoms with Crippen molar-refractivity contribution >= 4 is 5.91 Å². The summed E-state index contributed by atoms with van der Waals surface area (Å²) in [4.78, 5) is 18.8. The Bertz CT molecular complexity index is 930. The lowest BCUT2D eigenvalue weighted by Gasteiger charge is -2.16. The first-order valence-electron chi connectivity index (χ1n) is 8.82. The summed E-state index contributed by atoms with van der Waals surface area (Å²) in [5, 5.41) is 4.12. The van der Waals surface area contributed by atoms with Crippen LogP contribution in [0.5, 0.6) is 0 Å². The number of amides is 1. The van der Waals surface area contributed by atoms with Gasteiger partial charge >= 0.3 is 0 Å². The van der Waals surface area contributed by atoms with Crippen molar-refractivity contribution in [2.45, 2.75) is 32.7 Å². The zero-order chi connectivity index (χ0) is 18.1. The first-order chi connectivity index (χ1) is 12.6. The van der Waals surface area contributed by atoms with Crippen molar-refractivity contribution in [1.29, 1.82) is 0 Å². The van der Waals surface area contributed by atoms with Crippen molar-refractivity contribution < 1.29 is 9.32 Å². The van der Waals surface area contributed by atoms with Crippen molar-refractivity contribution in [2.24, 2.45) is 0 Å². The van der Waals surface area contributed by atoms with E-state index < -0.39 is 0 Å². The molecule has 4 rings (SSSR count). The number of carbonyl (C=O) groups is 1. The van der Waals surface area contributed by atoms with Crippen LogP contribution in [0.25, 0.3) is 11.5 Å². The van der Waals surface area contributed by atoms with Gasteiger partial charge in [-0.1, -0.05) is 52.7 Å². The van der Waals surface area contributed by atoms with Gasteiger partial charge in [-0.15, -0.1) is 0 Å². The van der Waals surface area contributed by atoms with Crippen LogP contribution in [0.4, 0.5) is 0 Å². The highest BCUT2D eigenvalue weighted by Gasteiger charge is 2.33. The molecule has 1 aliphatic heterocycles. The molecule has 132 valence electrons. The maximum Gasteiger partial charge on any atom is 0.257 e. The third-order valence-corrected chi connectivity index (χ3v) is 4.78. The quantitative estimate of drug-likeness (QED) is 0.719. The molecule has 0 aliphatic carbocycles. The molecule has 2 aromatic carbocycles. The lowest BCUT2D eigenvalue weighted by molar-refractivity contribution is -0.128. The first-order valence-corrected chi connectivity index (χ1v) is 8.82. The van der Waals surface area contributed by atoms with E-state index in [1.807, 2.05) is 42.2 Å². The zero-order valence-electron chi connectivity index (χ0n) is 15.0. The molecule has 0 N–H and O–H groups in total. The predicted octanol–water partition coefficient (Wildman–Crippen LogP) is 3.87. The average Bonchev–Trinajstić information content (AvgIpc) is 3.23. The van der Waals surface area contributed by atoms with E-state index in [2.05, 4.69) is 35.3 Å². The Balaban J connectivity index is 1.48. The molecule has 0 bridgehead atoms. The molecule has 1 aliphatic rings. The van der Waals surface area contributed by atoms with E-state index in [1.165, 1.54) is 11.1 Å². The molecular formula is C21H21N3O2. The van der Waals surface area contributed by atoms with Crippen molar-refractivity contribution in [1.82, 2.24) is 15.0 Å². The number of aryl methyl sites for hydroxylation is 2. The second-order valence-corrected chi connectivity index (χ2v) is 6.99. The molecule has 5 heteroatoms. The minimum absolute atomic E-state index is 0.0183. The van der Waals surface area contributed by atoms with Crippen molar-refractivity contribution in [3.05, 3.63) is 71.0 Å². The Morgan fingerprint density at radius 1 is 1.12 bits per heavy atom. The topological polar surface area (TPSA) is 59.2 Å². The molecule has 1 amide bonds. The minimum atomic E-state index is -0.0183. The number of carbonyl (C=O) groups excluding carboxylic acids is 1. The van der Waals surface area contributed by atoms with Crippen molar-refractivity contribution in [3.8, 4) is 11.5 Å². The van der Waals surface area contributed by atoms with Gasteiger partial charge in [-0.2, -0.15) is 4.98 Å². The number of hydrogen-bond acceptors (Lipinski definition) is 4. The Kier molecular flexibility index (Phi) is 4.29. The Labute approximate surface area is 152 Å². The molecule has 0 radical (unpaired) electrons. The summed E-state index contributed by atoms with van der Waals surface area (Å²) in [6.45, 7) is 5.35. The normalized spacial score (nSPS) is 17.1. The monoisotopic (exact) mass is 347 g/mol. The van der Waals surface area contributed by atoms with E-state index in [0.29, 0.717) is 31.2 Å². The summed E-state index contributed by atoms with van der Waals surface area (Å²) >= 11 is 0. The summed E-state index contributed by atoms with van der Waals surface area (Å²) in [6.07, 6.45) is 0.429. The van der Waals surface area contributed by atoms with Crippen LogP contribution in [0.15, 0.2) is 53.1 Å². The fourth-order valence-electron chi connectivity index (χ4n) is 3.34. The van der Waals surface area contributed by atoms with Gasteiger partial charge in [0.1, 0.15) is 0 Å². The average molecular weight is 347 g/mol. The molecule has 3 aromatic rings. The number of benzene rings is 2. The van der Waals surface area contributed by atoms with Gasteiger partial charge in [-0.3, -0.25) is 4.79 Å². The van der Waals surface area contributed by atoms with Gasteiger partial charge in [0.25, 0.3) is 5.89 Å². The molecule has 1 aromatic heterocycles. The molecule has 1 unspecified atom stereocenters. The third kappa shape index (κ3) is 3.38. The molecule has 2 heterocycles. The van der Waals surface area contributed by atoms with Crippen LogP contribution in [-0.4, -0.2) is 27.5 Å². The lowest BCUT2D eigenvalue weighted by atomic mass is 10.1. The minimum Gasteiger partial charge on any atom is -0.338 e. The van der Waals surface area contributed by atoms with Gasteiger partial charge in [-0.05, 0) is 31.5 Å². The molecule has 0 saturated carbocycles. The molecular weight excluding hydrogens is 326 g/mol. The van der Waals surface area contributed by atoms with Crippen molar-refractivity contribution in [3.63, 3.8) is 0 Å². The predicted molar refractivity (Wildman–Crippen MR) is 98.4 cm³/mol. The van der Waals surface area contributed by atoms with Crippen LogP contribution in [0.3, 0.4) is 0 Å². The maximum atomic E-state index is 12.4. The van der Waals surface area contributed by atoms with E-state index in [1.54, 1.807) is 0 Å². The van der Waals surface area contributed by atoms with E-state index in [0.717, 1.165) is 11.1 Å². The van der Waals surface area contributed by atoms with Crippen molar-refractivity contribution in [2.75, 3.05) is 6.54 Å². The largest absolute Gasteiger partial charge is 0.338 e. The maximum absolute atomic E-state index is 12.4. The van der Waals surface area contributed by atoms with E-state index in [4.69, 9.17) is 4.52 Å². The second kappa shape index (κ2) is 6.75. The van der Waals surface area contributed by atoms with E-state index in [-0.39, 0.29) is 11.8 Å². The highest BCUT2D eigenvalue weighted by atomic mass is 16.5. The lowest BCUT2D eigenvalue weighted by Crippen LogP contribution is -2.24. The Hall–Kier alpha value is -2.95. The number of rotatable bonds is 4. The summed E-state index contributed by atoms with van der Waals surface area (Å²) < 4.78 is 5.42. The summed E-state index contributed by atoms with van der Waals surface area (Å²) in [6, 6.07) is 16.2. The summed E-state index contributed by atoms with van der Waals surface area (Å²) in [7, 11) is 0. The van der Waals surface area contributed by atoms with Gasteiger partial charge in [0.2, 0.25) is 5.91 Å². The standard InChI is InChI=1S/C21H21N3O2/c1-14-6-8-17(9-7-14)21-22-20(23-26-21)18-11-19(25)24(13-18)12-16-5-3-4-15(2)10-16/h3-10,18H,11-13H2,1-2H3. The van der Waals surface area contributed by atoms with Gasteiger partial charge < -0.3 is 9.42 Å². The van der Waals surface area contributed by atoms with Gasteiger partial charge in [0.15, 0.2) is 5.82 Å². The Morgan fingerprint density at radius 3 is 2.69 bits per heavy atom. The molecule has 1 fully saturated rings. The SMILES string of the molecule is Cc1ccc(-c2nc(C3CC(=O)N(Cc4cccc(C)c4)C3)no2)cc1.